The number of nitrogens with one attached hydrogen (secondary N) is 2. The quantitative estimate of drug-likeness (QED) is 0.469. The smallest absolute Gasteiger partial charge is 0.355 e. The standard InChI is InChI=1S/C23H22F4N4O3S/c1-2-10-35(33,34)22-28-12-20(30-22)21(32)31-9-8-16-14(13-31)4-3-5-19(16)29-15-6-7-17(18(24)11-15)23(25,26)27/h3-7,11-12,29H,2,8-10,13H2,1H3,(H,28,30). The Hall–Kier alpha value is -3.41. The van der Waals surface area contributed by atoms with Crippen LogP contribution in [-0.2, 0) is 29.0 Å². The van der Waals surface area contributed by atoms with E-state index in [1.807, 2.05) is 6.07 Å². The van der Waals surface area contributed by atoms with Crippen molar-refractivity contribution in [2.24, 2.45) is 0 Å². The molecular formula is C23H22F4N4O3S. The van der Waals surface area contributed by atoms with Crippen LogP contribution in [0.1, 0.15) is 40.5 Å². The van der Waals surface area contributed by atoms with Gasteiger partial charge < -0.3 is 15.2 Å². The third-order valence-corrected chi connectivity index (χ3v) is 7.39. The van der Waals surface area contributed by atoms with E-state index in [0.29, 0.717) is 31.1 Å². The molecule has 4 rings (SSSR count). The van der Waals surface area contributed by atoms with E-state index in [2.05, 4.69) is 15.3 Å². The van der Waals surface area contributed by atoms with Crippen LogP contribution in [-0.4, -0.2) is 41.5 Å². The second-order valence-corrected chi connectivity index (χ2v) is 10.2. The van der Waals surface area contributed by atoms with E-state index in [0.717, 1.165) is 23.3 Å². The molecule has 1 amide bonds. The van der Waals surface area contributed by atoms with Gasteiger partial charge >= 0.3 is 6.18 Å². The lowest BCUT2D eigenvalue weighted by Crippen LogP contribution is -2.36. The van der Waals surface area contributed by atoms with Gasteiger partial charge in [0.05, 0.1) is 11.3 Å². The summed E-state index contributed by atoms with van der Waals surface area (Å²) < 4.78 is 76.8. The zero-order valence-corrected chi connectivity index (χ0v) is 19.4. The van der Waals surface area contributed by atoms with E-state index in [4.69, 9.17) is 0 Å². The van der Waals surface area contributed by atoms with Crippen LogP contribution in [0.2, 0.25) is 0 Å². The number of hydrogen-bond donors (Lipinski definition) is 2. The molecule has 0 radical (unpaired) electrons. The van der Waals surface area contributed by atoms with Crippen molar-refractivity contribution in [3.63, 3.8) is 0 Å². The number of fused-ring (bicyclic) bond motifs is 1. The number of H-pyrrole nitrogens is 1. The molecule has 0 unspecified atom stereocenters. The van der Waals surface area contributed by atoms with Crippen LogP contribution in [0.5, 0.6) is 0 Å². The number of anilines is 2. The summed E-state index contributed by atoms with van der Waals surface area (Å²) in [6, 6.07) is 7.90. The maximum Gasteiger partial charge on any atom is 0.419 e. The lowest BCUT2D eigenvalue weighted by molar-refractivity contribution is -0.139. The summed E-state index contributed by atoms with van der Waals surface area (Å²) in [6.45, 7) is 2.28. The lowest BCUT2D eigenvalue weighted by Gasteiger charge is -2.30. The molecule has 0 fully saturated rings. The normalized spacial score (nSPS) is 14.0. The van der Waals surface area contributed by atoms with Gasteiger partial charge in [0.2, 0.25) is 15.0 Å². The number of alkyl halides is 3. The molecule has 0 bridgehead atoms. The van der Waals surface area contributed by atoms with Crippen LogP contribution in [0, 0.1) is 5.82 Å². The fourth-order valence-corrected chi connectivity index (χ4v) is 5.19. The van der Waals surface area contributed by atoms with Crippen molar-refractivity contribution in [2.75, 3.05) is 17.6 Å². The molecule has 2 aromatic carbocycles. The summed E-state index contributed by atoms with van der Waals surface area (Å²) in [5.74, 6) is -1.87. The van der Waals surface area contributed by atoms with Crippen LogP contribution in [0.15, 0.2) is 47.8 Å². The van der Waals surface area contributed by atoms with E-state index in [-0.39, 0.29) is 28.8 Å². The highest BCUT2D eigenvalue weighted by atomic mass is 32.2. The molecule has 0 spiro atoms. The third-order valence-electron chi connectivity index (χ3n) is 5.65. The van der Waals surface area contributed by atoms with Gasteiger partial charge in [0.25, 0.3) is 5.91 Å². The number of benzene rings is 2. The highest BCUT2D eigenvalue weighted by Crippen LogP contribution is 2.34. The minimum Gasteiger partial charge on any atom is -0.355 e. The second kappa shape index (κ2) is 9.33. The second-order valence-electron chi connectivity index (χ2n) is 8.15. The van der Waals surface area contributed by atoms with Gasteiger partial charge in [-0.25, -0.2) is 17.8 Å². The Bertz CT molecular complexity index is 1370. The van der Waals surface area contributed by atoms with E-state index in [9.17, 15) is 30.8 Å². The molecule has 0 aliphatic carbocycles. The number of sulfone groups is 1. The largest absolute Gasteiger partial charge is 0.419 e. The zero-order chi connectivity index (χ0) is 25.4. The molecule has 3 aromatic rings. The average molecular weight is 511 g/mol. The van der Waals surface area contributed by atoms with E-state index >= 15 is 0 Å². The van der Waals surface area contributed by atoms with Gasteiger partial charge in [-0.1, -0.05) is 19.1 Å². The number of imidazole rings is 1. The maximum absolute atomic E-state index is 14.0. The van der Waals surface area contributed by atoms with Crippen molar-refractivity contribution in [2.45, 2.75) is 37.6 Å². The number of carbonyl (C=O) groups is 1. The number of aromatic nitrogens is 2. The van der Waals surface area contributed by atoms with Crippen LogP contribution >= 0.6 is 0 Å². The first-order valence-corrected chi connectivity index (χ1v) is 12.5. The first-order valence-electron chi connectivity index (χ1n) is 10.8. The Labute approximate surface area is 199 Å². The molecule has 2 N–H and O–H groups in total. The lowest BCUT2D eigenvalue weighted by atomic mass is 9.97. The maximum atomic E-state index is 14.0. The molecule has 2 heterocycles. The molecule has 1 aromatic heterocycles. The van der Waals surface area contributed by atoms with E-state index in [1.165, 1.54) is 11.1 Å². The van der Waals surface area contributed by atoms with Gasteiger partial charge in [0.1, 0.15) is 11.5 Å². The topological polar surface area (TPSA) is 95.2 Å². The van der Waals surface area contributed by atoms with Crippen LogP contribution in [0.3, 0.4) is 0 Å². The molecule has 0 saturated heterocycles. The number of rotatable bonds is 6. The highest BCUT2D eigenvalue weighted by Gasteiger charge is 2.34. The summed E-state index contributed by atoms with van der Waals surface area (Å²) in [5, 5.41) is 2.72. The first-order chi connectivity index (χ1) is 16.5. The predicted molar refractivity (Wildman–Crippen MR) is 121 cm³/mol. The summed E-state index contributed by atoms with van der Waals surface area (Å²) in [6.07, 6.45) is -2.65. The highest BCUT2D eigenvalue weighted by molar-refractivity contribution is 7.91. The molecule has 0 saturated carbocycles. The van der Waals surface area contributed by atoms with Gasteiger partial charge in [-0.2, -0.15) is 13.2 Å². The number of halogens is 4. The van der Waals surface area contributed by atoms with Crippen LogP contribution < -0.4 is 5.32 Å². The Kier molecular flexibility index (Phi) is 6.58. The minimum atomic E-state index is -4.78. The number of aromatic amines is 1. The fraction of sp³-hybridized carbons (Fsp3) is 0.304. The molecule has 186 valence electrons. The van der Waals surface area contributed by atoms with Crippen molar-refractivity contribution < 1.29 is 30.8 Å². The van der Waals surface area contributed by atoms with Crippen molar-refractivity contribution in [3.8, 4) is 0 Å². The molecule has 35 heavy (non-hydrogen) atoms. The number of amides is 1. The number of hydrogen-bond acceptors (Lipinski definition) is 5. The van der Waals surface area contributed by atoms with E-state index in [1.54, 1.807) is 19.1 Å². The van der Waals surface area contributed by atoms with Gasteiger partial charge in [0.15, 0.2) is 0 Å². The SMILES string of the molecule is CCCS(=O)(=O)c1nc(C(=O)N2CCc3c(cccc3Nc3ccc(C(F)(F)F)c(F)c3)C2)c[nH]1. The van der Waals surface area contributed by atoms with Gasteiger partial charge in [-0.05, 0) is 48.2 Å². The Morgan fingerprint density at radius 3 is 2.69 bits per heavy atom. The molecule has 0 atom stereocenters. The molecular weight excluding hydrogens is 488 g/mol. The van der Waals surface area contributed by atoms with Crippen LogP contribution in [0.25, 0.3) is 0 Å². The minimum absolute atomic E-state index is 0.00219. The molecule has 7 nitrogen and oxygen atoms in total. The van der Waals surface area contributed by atoms with Crippen LogP contribution in [0.4, 0.5) is 28.9 Å². The fourth-order valence-electron chi connectivity index (χ4n) is 3.98. The Morgan fingerprint density at radius 1 is 1.23 bits per heavy atom. The van der Waals surface area contributed by atoms with Crippen molar-refractivity contribution in [1.29, 1.82) is 0 Å². The first kappa shape index (κ1) is 24.7. The van der Waals surface area contributed by atoms with Crippen molar-refractivity contribution in [3.05, 3.63) is 70.8 Å². The van der Waals surface area contributed by atoms with Gasteiger partial charge in [-0.3, -0.25) is 4.79 Å². The predicted octanol–water partition coefficient (Wildman–Crippen LogP) is 4.69. The summed E-state index contributed by atoms with van der Waals surface area (Å²) >= 11 is 0. The van der Waals surface area contributed by atoms with Gasteiger partial charge in [-0.15, -0.1) is 0 Å². The summed E-state index contributed by atoms with van der Waals surface area (Å²) in [7, 11) is -3.59. The molecule has 1 aliphatic rings. The Morgan fingerprint density at radius 2 is 2.00 bits per heavy atom. The molecule has 1 aliphatic heterocycles. The van der Waals surface area contributed by atoms with Gasteiger partial charge in [0, 0.05) is 30.7 Å². The molecule has 12 heteroatoms. The summed E-state index contributed by atoms with van der Waals surface area (Å²) in [5.41, 5.74) is 1.08. The average Bonchev–Trinajstić information content (AvgIpc) is 3.29. The number of carbonyl (C=O) groups excluding carboxylic acids is 1. The van der Waals surface area contributed by atoms with Crippen molar-refractivity contribution >= 4 is 27.1 Å². The van der Waals surface area contributed by atoms with Crippen molar-refractivity contribution in [1.82, 2.24) is 14.9 Å². The summed E-state index contributed by atoms with van der Waals surface area (Å²) in [4.78, 5) is 21.0. The monoisotopic (exact) mass is 510 g/mol. The third kappa shape index (κ3) is 5.16. The van der Waals surface area contributed by atoms with E-state index < -0.39 is 33.3 Å². The zero-order valence-electron chi connectivity index (χ0n) is 18.6. The Balaban J connectivity index is 1.51. The number of nitrogens with zero attached hydrogens (tertiary/aromatic N) is 2.